The molecule has 1 rings (SSSR count). The van der Waals surface area contributed by atoms with E-state index in [-0.39, 0.29) is 19.1 Å². The van der Waals surface area contributed by atoms with Gasteiger partial charge in [-0.05, 0) is 24.0 Å². The topological polar surface area (TPSA) is 49.7 Å². The van der Waals surface area contributed by atoms with Gasteiger partial charge in [-0.1, -0.05) is 43.3 Å². The Labute approximate surface area is 109 Å². The molecule has 0 bridgehead atoms. The van der Waals surface area contributed by atoms with Crippen LogP contribution in [0, 0.1) is 5.92 Å². The Balaban J connectivity index is 2.33. The zero-order valence-electron chi connectivity index (χ0n) is 11.0. The van der Waals surface area contributed by atoms with E-state index in [0.717, 1.165) is 11.1 Å². The minimum Gasteiger partial charge on any atom is -0.396 e. The second kappa shape index (κ2) is 8.03. The maximum atomic E-state index is 9.87. The van der Waals surface area contributed by atoms with Crippen LogP contribution in [0.25, 0.3) is 0 Å². The molecule has 2 N–H and O–H groups in total. The molecule has 0 heterocycles. The summed E-state index contributed by atoms with van der Waals surface area (Å²) in [7, 11) is 0. The maximum absolute atomic E-state index is 9.87. The fourth-order valence-corrected chi connectivity index (χ4v) is 1.61. The van der Waals surface area contributed by atoms with Crippen molar-refractivity contribution in [2.24, 2.45) is 5.92 Å². The van der Waals surface area contributed by atoms with Crippen molar-refractivity contribution >= 4 is 0 Å². The van der Waals surface area contributed by atoms with E-state index in [1.54, 1.807) is 0 Å². The third-order valence-electron chi connectivity index (χ3n) is 2.75. The number of hydrogen-bond acceptors (Lipinski definition) is 3. The Hall–Kier alpha value is -1.16. The maximum Gasteiger partial charge on any atom is 0.0981 e. The summed E-state index contributed by atoms with van der Waals surface area (Å²) < 4.78 is 5.46. The van der Waals surface area contributed by atoms with Gasteiger partial charge in [-0.2, -0.15) is 0 Å². The molecule has 0 radical (unpaired) electrons. The lowest BCUT2D eigenvalue weighted by Gasteiger charge is -2.13. The molecule has 3 heteroatoms. The first kappa shape index (κ1) is 14.9. The van der Waals surface area contributed by atoms with Crippen molar-refractivity contribution in [3.63, 3.8) is 0 Å². The first-order valence-electron chi connectivity index (χ1n) is 6.22. The molecule has 0 saturated carbocycles. The first-order valence-corrected chi connectivity index (χ1v) is 6.22. The van der Waals surface area contributed by atoms with Gasteiger partial charge in [-0.25, -0.2) is 0 Å². The van der Waals surface area contributed by atoms with Crippen LogP contribution in [0.3, 0.4) is 0 Å². The molecule has 0 fully saturated rings. The summed E-state index contributed by atoms with van der Waals surface area (Å²) in [5.74, 6) is 0.0637. The average Bonchev–Trinajstić information content (AvgIpc) is 2.39. The number of ether oxygens (including phenoxy) is 1. The molecule has 3 nitrogen and oxygen atoms in total. The molecule has 0 aliphatic rings. The van der Waals surface area contributed by atoms with E-state index in [2.05, 4.69) is 0 Å². The highest BCUT2D eigenvalue weighted by atomic mass is 16.5. The molecule has 100 valence electrons. The quantitative estimate of drug-likeness (QED) is 0.729. The van der Waals surface area contributed by atoms with Crippen molar-refractivity contribution in [2.45, 2.75) is 26.6 Å². The average molecular weight is 250 g/mol. The highest BCUT2D eigenvalue weighted by molar-refractivity contribution is 5.13. The second-order valence-electron chi connectivity index (χ2n) is 4.59. The number of rotatable bonds is 7. The zero-order chi connectivity index (χ0) is 13.4. The van der Waals surface area contributed by atoms with Crippen LogP contribution < -0.4 is 0 Å². The molecular formula is C15H22O3. The van der Waals surface area contributed by atoms with Gasteiger partial charge in [-0.15, -0.1) is 0 Å². The molecule has 0 spiro atoms. The van der Waals surface area contributed by atoms with Gasteiger partial charge in [0.1, 0.15) is 0 Å². The van der Waals surface area contributed by atoms with Crippen molar-refractivity contribution in [3.8, 4) is 0 Å². The predicted octanol–water partition coefficient (Wildman–Crippen LogP) is 2.14. The van der Waals surface area contributed by atoms with Crippen LogP contribution in [-0.4, -0.2) is 29.5 Å². The van der Waals surface area contributed by atoms with Gasteiger partial charge in [0.25, 0.3) is 0 Å². The summed E-state index contributed by atoms with van der Waals surface area (Å²) in [6, 6.07) is 9.86. The lowest BCUT2D eigenvalue weighted by Crippen LogP contribution is -2.17. The SMILES string of the molecule is C/C(=C\[C@@H](C)CO)[C@H](O)COCc1ccccc1. The summed E-state index contributed by atoms with van der Waals surface area (Å²) in [5, 5.41) is 18.8. The highest BCUT2D eigenvalue weighted by Gasteiger charge is 2.08. The molecule has 18 heavy (non-hydrogen) atoms. The Kier molecular flexibility index (Phi) is 6.65. The minimum absolute atomic E-state index is 0.0637. The summed E-state index contributed by atoms with van der Waals surface area (Å²) >= 11 is 0. The predicted molar refractivity (Wildman–Crippen MR) is 72.1 cm³/mol. The van der Waals surface area contributed by atoms with E-state index in [9.17, 15) is 5.11 Å². The molecule has 0 unspecified atom stereocenters. The molecule has 2 atom stereocenters. The van der Waals surface area contributed by atoms with E-state index >= 15 is 0 Å². The standard InChI is InChI=1S/C15H22O3/c1-12(9-16)8-13(2)15(17)11-18-10-14-6-4-3-5-7-14/h3-8,12,15-17H,9-11H2,1-2H3/b13-8+/t12-,15-/m1/s1. The van der Waals surface area contributed by atoms with Gasteiger partial charge < -0.3 is 14.9 Å². The van der Waals surface area contributed by atoms with Crippen LogP contribution in [0.15, 0.2) is 42.0 Å². The summed E-state index contributed by atoms with van der Waals surface area (Å²) in [5.41, 5.74) is 1.93. The van der Waals surface area contributed by atoms with Gasteiger partial charge in [0, 0.05) is 6.61 Å². The Morgan fingerprint density at radius 1 is 1.33 bits per heavy atom. The summed E-state index contributed by atoms with van der Waals surface area (Å²) in [6.07, 6.45) is 1.26. The second-order valence-corrected chi connectivity index (χ2v) is 4.59. The van der Waals surface area contributed by atoms with E-state index in [1.165, 1.54) is 0 Å². The van der Waals surface area contributed by atoms with Gasteiger partial charge in [0.15, 0.2) is 0 Å². The van der Waals surface area contributed by atoms with Crippen LogP contribution in [0.1, 0.15) is 19.4 Å². The molecular weight excluding hydrogens is 228 g/mol. The normalized spacial score (nSPS) is 15.4. The van der Waals surface area contributed by atoms with Gasteiger partial charge in [0.2, 0.25) is 0 Å². The minimum atomic E-state index is -0.609. The van der Waals surface area contributed by atoms with Crippen LogP contribution in [0.5, 0.6) is 0 Å². The van der Waals surface area contributed by atoms with Crippen molar-refractivity contribution in [3.05, 3.63) is 47.5 Å². The van der Waals surface area contributed by atoms with E-state index in [0.29, 0.717) is 6.61 Å². The summed E-state index contributed by atoms with van der Waals surface area (Å²) in [4.78, 5) is 0. The van der Waals surface area contributed by atoms with E-state index < -0.39 is 6.10 Å². The highest BCUT2D eigenvalue weighted by Crippen LogP contribution is 2.08. The first-order chi connectivity index (χ1) is 8.63. The van der Waals surface area contributed by atoms with Crippen LogP contribution in [0.4, 0.5) is 0 Å². The van der Waals surface area contributed by atoms with Crippen molar-refractivity contribution in [1.29, 1.82) is 0 Å². The molecule has 1 aromatic rings. The van der Waals surface area contributed by atoms with E-state index in [1.807, 2.05) is 50.3 Å². The smallest absolute Gasteiger partial charge is 0.0981 e. The molecule has 1 aromatic carbocycles. The monoisotopic (exact) mass is 250 g/mol. The van der Waals surface area contributed by atoms with Crippen molar-refractivity contribution in [1.82, 2.24) is 0 Å². The number of benzene rings is 1. The third-order valence-corrected chi connectivity index (χ3v) is 2.75. The number of hydrogen-bond donors (Lipinski definition) is 2. The Morgan fingerprint density at radius 2 is 2.00 bits per heavy atom. The van der Waals surface area contributed by atoms with Crippen LogP contribution in [-0.2, 0) is 11.3 Å². The van der Waals surface area contributed by atoms with Crippen LogP contribution in [0.2, 0.25) is 0 Å². The van der Waals surface area contributed by atoms with Crippen LogP contribution >= 0.6 is 0 Å². The Bertz CT molecular complexity index is 359. The van der Waals surface area contributed by atoms with Gasteiger partial charge in [-0.3, -0.25) is 0 Å². The molecule has 0 aliphatic heterocycles. The molecule has 0 aliphatic carbocycles. The fraction of sp³-hybridized carbons (Fsp3) is 0.467. The Morgan fingerprint density at radius 3 is 2.61 bits per heavy atom. The molecule has 0 amide bonds. The lowest BCUT2D eigenvalue weighted by molar-refractivity contribution is 0.0449. The van der Waals surface area contributed by atoms with Crippen molar-refractivity contribution in [2.75, 3.05) is 13.2 Å². The number of aliphatic hydroxyl groups is 2. The molecule has 0 saturated heterocycles. The lowest BCUT2D eigenvalue weighted by atomic mass is 10.1. The summed E-state index contributed by atoms with van der Waals surface area (Å²) in [6.45, 7) is 4.62. The van der Waals surface area contributed by atoms with Crippen molar-refractivity contribution < 1.29 is 14.9 Å². The largest absolute Gasteiger partial charge is 0.396 e. The zero-order valence-corrected chi connectivity index (χ0v) is 11.0. The van der Waals surface area contributed by atoms with Gasteiger partial charge >= 0.3 is 0 Å². The third kappa shape index (κ3) is 5.45. The van der Waals surface area contributed by atoms with Gasteiger partial charge in [0.05, 0.1) is 19.3 Å². The molecule has 0 aromatic heterocycles. The number of aliphatic hydroxyl groups excluding tert-OH is 2. The fourth-order valence-electron chi connectivity index (χ4n) is 1.61. The van der Waals surface area contributed by atoms with E-state index in [4.69, 9.17) is 9.84 Å².